The molecule has 0 bridgehead atoms. The van der Waals surface area contributed by atoms with Gasteiger partial charge in [0.1, 0.15) is 5.75 Å². The molecule has 3 rings (SSSR count). The maximum Gasteiger partial charge on any atom is 0.263 e. The van der Waals surface area contributed by atoms with Gasteiger partial charge >= 0.3 is 0 Å². The summed E-state index contributed by atoms with van der Waals surface area (Å²) in [5.74, 6) is 0.296. The molecule has 1 N–H and O–H groups in total. The molecule has 0 saturated heterocycles. The van der Waals surface area contributed by atoms with Gasteiger partial charge in [-0.3, -0.25) is 14.8 Å². The molecule has 0 radical (unpaired) electrons. The molecule has 7 heteroatoms. The summed E-state index contributed by atoms with van der Waals surface area (Å²) in [6.45, 7) is 3.62. The Labute approximate surface area is 156 Å². The highest BCUT2D eigenvalue weighted by Crippen LogP contribution is 2.22. The number of hydrogen-bond donors (Lipinski definition) is 1. The molecule has 3 aromatic rings. The molecule has 0 aliphatic carbocycles. The number of halogens is 1. The van der Waals surface area contributed by atoms with Crippen LogP contribution in [0.25, 0.3) is 11.3 Å². The van der Waals surface area contributed by atoms with Crippen molar-refractivity contribution in [1.29, 1.82) is 0 Å². The first kappa shape index (κ1) is 17.9. The Morgan fingerprint density at radius 3 is 2.62 bits per heavy atom. The SMILES string of the molecule is CC(C)(Oc1ccc(Cl)cc1)C(=O)NCc1nccnc1-c1ccoc1. The number of benzene rings is 1. The van der Waals surface area contributed by atoms with E-state index in [-0.39, 0.29) is 12.5 Å². The summed E-state index contributed by atoms with van der Waals surface area (Å²) >= 11 is 5.87. The molecule has 0 saturated carbocycles. The highest BCUT2D eigenvalue weighted by atomic mass is 35.5. The van der Waals surface area contributed by atoms with E-state index in [1.54, 1.807) is 69.1 Å². The number of nitrogens with one attached hydrogen (secondary N) is 1. The summed E-state index contributed by atoms with van der Waals surface area (Å²) in [6.07, 6.45) is 6.33. The van der Waals surface area contributed by atoms with E-state index in [1.165, 1.54) is 0 Å². The average Bonchev–Trinajstić information content (AvgIpc) is 3.16. The van der Waals surface area contributed by atoms with E-state index < -0.39 is 5.60 Å². The van der Waals surface area contributed by atoms with Gasteiger partial charge in [0.25, 0.3) is 5.91 Å². The zero-order valence-electron chi connectivity index (χ0n) is 14.4. The van der Waals surface area contributed by atoms with Crippen molar-refractivity contribution in [1.82, 2.24) is 15.3 Å². The lowest BCUT2D eigenvalue weighted by Gasteiger charge is -2.25. The van der Waals surface area contributed by atoms with E-state index in [9.17, 15) is 4.79 Å². The second-order valence-electron chi connectivity index (χ2n) is 6.11. The minimum Gasteiger partial charge on any atom is -0.478 e. The Morgan fingerprint density at radius 1 is 1.19 bits per heavy atom. The van der Waals surface area contributed by atoms with Crippen LogP contribution in [-0.2, 0) is 11.3 Å². The van der Waals surface area contributed by atoms with Crippen molar-refractivity contribution in [2.24, 2.45) is 0 Å². The quantitative estimate of drug-likeness (QED) is 0.711. The van der Waals surface area contributed by atoms with Crippen molar-refractivity contribution >= 4 is 17.5 Å². The van der Waals surface area contributed by atoms with Crippen LogP contribution in [-0.4, -0.2) is 21.5 Å². The van der Waals surface area contributed by atoms with Crippen molar-refractivity contribution in [3.8, 4) is 17.0 Å². The van der Waals surface area contributed by atoms with E-state index in [2.05, 4.69) is 15.3 Å². The van der Waals surface area contributed by atoms with Gasteiger partial charge in [0.05, 0.1) is 30.5 Å². The Balaban J connectivity index is 1.68. The lowest BCUT2D eigenvalue weighted by Crippen LogP contribution is -2.46. The summed E-state index contributed by atoms with van der Waals surface area (Å²) in [5, 5.41) is 3.46. The van der Waals surface area contributed by atoms with Gasteiger partial charge in [0.15, 0.2) is 5.60 Å². The molecule has 0 atom stereocenters. The highest BCUT2D eigenvalue weighted by Gasteiger charge is 2.30. The summed E-state index contributed by atoms with van der Waals surface area (Å²) in [7, 11) is 0. The molecular weight excluding hydrogens is 354 g/mol. The zero-order valence-corrected chi connectivity index (χ0v) is 15.2. The molecule has 6 nitrogen and oxygen atoms in total. The van der Waals surface area contributed by atoms with Crippen LogP contribution in [0.15, 0.2) is 59.7 Å². The van der Waals surface area contributed by atoms with Gasteiger partial charge in [-0.05, 0) is 44.2 Å². The number of carbonyl (C=O) groups excluding carboxylic acids is 1. The van der Waals surface area contributed by atoms with Gasteiger partial charge in [-0.15, -0.1) is 0 Å². The molecular formula is C19H18ClN3O3. The second kappa shape index (κ2) is 7.58. The van der Waals surface area contributed by atoms with E-state index in [4.69, 9.17) is 20.8 Å². The first-order valence-electron chi connectivity index (χ1n) is 8.01. The Kier molecular flexibility index (Phi) is 5.23. The first-order chi connectivity index (χ1) is 12.5. The van der Waals surface area contributed by atoms with Crippen LogP contribution in [0.5, 0.6) is 5.75 Å². The smallest absolute Gasteiger partial charge is 0.263 e. The number of aromatic nitrogens is 2. The van der Waals surface area contributed by atoms with Crippen LogP contribution in [0.3, 0.4) is 0 Å². The molecule has 134 valence electrons. The summed E-state index contributed by atoms with van der Waals surface area (Å²) in [5.41, 5.74) is 1.05. The number of furan rings is 1. The van der Waals surface area contributed by atoms with Crippen molar-refractivity contribution < 1.29 is 13.9 Å². The minimum atomic E-state index is -1.06. The van der Waals surface area contributed by atoms with E-state index in [1.807, 2.05) is 0 Å². The van der Waals surface area contributed by atoms with Crippen molar-refractivity contribution in [2.75, 3.05) is 0 Å². The summed E-state index contributed by atoms with van der Waals surface area (Å²) in [6, 6.07) is 8.65. The number of ether oxygens (including phenoxy) is 1. The van der Waals surface area contributed by atoms with Crippen LogP contribution in [0.4, 0.5) is 0 Å². The molecule has 0 fully saturated rings. The largest absolute Gasteiger partial charge is 0.478 e. The fraction of sp³-hybridized carbons (Fsp3) is 0.211. The van der Waals surface area contributed by atoms with Gasteiger partial charge in [0, 0.05) is 23.0 Å². The maximum atomic E-state index is 12.6. The Hall–Kier alpha value is -2.86. The van der Waals surface area contributed by atoms with Gasteiger partial charge < -0.3 is 14.5 Å². The Morgan fingerprint density at radius 2 is 1.92 bits per heavy atom. The topological polar surface area (TPSA) is 77.2 Å². The summed E-state index contributed by atoms with van der Waals surface area (Å²) < 4.78 is 10.9. The number of nitrogens with zero attached hydrogens (tertiary/aromatic N) is 2. The predicted octanol–water partition coefficient (Wildman–Crippen LogP) is 3.86. The molecule has 1 aromatic carbocycles. The van der Waals surface area contributed by atoms with Gasteiger partial charge in [-0.2, -0.15) is 0 Å². The standard InChI is InChI=1S/C19H18ClN3O3/c1-19(2,26-15-5-3-14(20)4-6-15)18(24)23-11-16-17(22-9-8-21-16)13-7-10-25-12-13/h3-10,12H,11H2,1-2H3,(H,23,24). The third-order valence-corrected chi connectivity index (χ3v) is 3.97. The van der Waals surface area contributed by atoms with Crippen LogP contribution in [0, 0.1) is 0 Å². The number of hydrogen-bond acceptors (Lipinski definition) is 5. The van der Waals surface area contributed by atoms with Crippen molar-refractivity contribution in [3.05, 3.63) is 66.0 Å². The molecule has 0 aliphatic heterocycles. The van der Waals surface area contributed by atoms with Gasteiger partial charge in [0.2, 0.25) is 0 Å². The first-order valence-corrected chi connectivity index (χ1v) is 8.39. The average molecular weight is 372 g/mol. The van der Waals surface area contributed by atoms with Crippen molar-refractivity contribution in [2.45, 2.75) is 26.0 Å². The molecule has 1 amide bonds. The normalized spacial score (nSPS) is 11.2. The fourth-order valence-corrected chi connectivity index (χ4v) is 2.48. The lowest BCUT2D eigenvalue weighted by atomic mass is 10.1. The predicted molar refractivity (Wildman–Crippen MR) is 97.7 cm³/mol. The number of carbonyl (C=O) groups is 1. The van der Waals surface area contributed by atoms with Gasteiger partial charge in [-0.25, -0.2) is 0 Å². The fourth-order valence-electron chi connectivity index (χ4n) is 2.36. The number of amides is 1. The molecule has 0 unspecified atom stereocenters. The number of rotatable bonds is 6. The van der Waals surface area contributed by atoms with E-state index >= 15 is 0 Å². The monoisotopic (exact) mass is 371 g/mol. The van der Waals surface area contributed by atoms with Crippen LogP contribution < -0.4 is 10.1 Å². The van der Waals surface area contributed by atoms with Crippen LogP contribution >= 0.6 is 11.6 Å². The zero-order chi connectivity index (χ0) is 18.6. The maximum absolute atomic E-state index is 12.6. The van der Waals surface area contributed by atoms with E-state index in [0.29, 0.717) is 22.2 Å². The molecule has 26 heavy (non-hydrogen) atoms. The Bertz CT molecular complexity index is 877. The molecule has 2 heterocycles. The lowest BCUT2D eigenvalue weighted by molar-refractivity contribution is -0.134. The highest BCUT2D eigenvalue weighted by molar-refractivity contribution is 6.30. The summed E-state index contributed by atoms with van der Waals surface area (Å²) in [4.78, 5) is 21.2. The van der Waals surface area contributed by atoms with E-state index in [0.717, 1.165) is 5.56 Å². The van der Waals surface area contributed by atoms with Crippen LogP contribution in [0.1, 0.15) is 19.5 Å². The molecule has 0 aliphatic rings. The van der Waals surface area contributed by atoms with Gasteiger partial charge in [-0.1, -0.05) is 11.6 Å². The minimum absolute atomic E-state index is 0.223. The molecule has 2 aromatic heterocycles. The van der Waals surface area contributed by atoms with Crippen LogP contribution in [0.2, 0.25) is 5.02 Å². The molecule has 0 spiro atoms. The third-order valence-electron chi connectivity index (χ3n) is 3.72. The van der Waals surface area contributed by atoms with Crippen molar-refractivity contribution in [3.63, 3.8) is 0 Å². The second-order valence-corrected chi connectivity index (χ2v) is 6.55. The third kappa shape index (κ3) is 4.21.